The number of aryl methyl sites for hydroxylation is 2. The normalized spacial score (nSPS) is 15.5. The molecule has 0 saturated carbocycles. The Labute approximate surface area is 162 Å². The Morgan fingerprint density at radius 3 is 2.48 bits per heavy atom. The van der Waals surface area contributed by atoms with Gasteiger partial charge in [0.15, 0.2) is 0 Å². The van der Waals surface area contributed by atoms with Crippen LogP contribution in [-0.4, -0.2) is 53.5 Å². The van der Waals surface area contributed by atoms with Crippen LogP contribution < -0.4 is 0 Å². The summed E-state index contributed by atoms with van der Waals surface area (Å²) in [6.45, 7) is 4.77. The molecular formula is C23H30N2O2. The predicted molar refractivity (Wildman–Crippen MR) is 109 cm³/mol. The van der Waals surface area contributed by atoms with E-state index in [1.165, 1.54) is 5.56 Å². The highest BCUT2D eigenvalue weighted by atomic mass is 16.3. The SMILES string of the molecule is O=C(CCc1ccccc1O)N1CCCN(CCCc2ccccc2)CC1. The summed E-state index contributed by atoms with van der Waals surface area (Å²) in [5.41, 5.74) is 2.25. The van der Waals surface area contributed by atoms with Crippen LogP contribution in [0.3, 0.4) is 0 Å². The molecule has 4 heteroatoms. The zero-order chi connectivity index (χ0) is 18.9. The van der Waals surface area contributed by atoms with Gasteiger partial charge in [-0.3, -0.25) is 4.79 Å². The van der Waals surface area contributed by atoms with Crippen LogP contribution in [0.4, 0.5) is 0 Å². The van der Waals surface area contributed by atoms with Crippen molar-refractivity contribution in [1.29, 1.82) is 0 Å². The van der Waals surface area contributed by atoms with Gasteiger partial charge in [-0.05, 0) is 56.0 Å². The van der Waals surface area contributed by atoms with E-state index >= 15 is 0 Å². The number of nitrogens with zero attached hydrogens (tertiary/aromatic N) is 2. The van der Waals surface area contributed by atoms with E-state index in [2.05, 4.69) is 35.2 Å². The Morgan fingerprint density at radius 2 is 1.67 bits per heavy atom. The van der Waals surface area contributed by atoms with Gasteiger partial charge in [0.25, 0.3) is 0 Å². The summed E-state index contributed by atoms with van der Waals surface area (Å²) in [4.78, 5) is 17.0. The third-order valence-corrected chi connectivity index (χ3v) is 5.32. The largest absolute Gasteiger partial charge is 0.508 e. The minimum atomic E-state index is 0.199. The molecule has 0 aromatic heterocycles. The van der Waals surface area contributed by atoms with E-state index < -0.39 is 0 Å². The molecule has 2 aromatic rings. The summed E-state index contributed by atoms with van der Waals surface area (Å²) in [5, 5.41) is 9.85. The molecule has 0 aliphatic carbocycles. The maximum atomic E-state index is 12.6. The summed E-state index contributed by atoms with van der Waals surface area (Å²) >= 11 is 0. The number of amides is 1. The van der Waals surface area contributed by atoms with Crippen LogP contribution in [0, 0.1) is 0 Å². The summed E-state index contributed by atoms with van der Waals surface area (Å²) in [6, 6.07) is 17.9. The number of phenols is 1. The molecule has 0 spiro atoms. The van der Waals surface area contributed by atoms with Crippen molar-refractivity contribution in [2.24, 2.45) is 0 Å². The summed E-state index contributed by atoms with van der Waals surface area (Å²) < 4.78 is 0. The lowest BCUT2D eigenvalue weighted by atomic mass is 10.1. The molecule has 2 aromatic carbocycles. The highest BCUT2D eigenvalue weighted by Crippen LogP contribution is 2.18. The van der Waals surface area contributed by atoms with Gasteiger partial charge < -0.3 is 14.9 Å². The van der Waals surface area contributed by atoms with Crippen molar-refractivity contribution in [2.75, 3.05) is 32.7 Å². The number of rotatable bonds is 7. The van der Waals surface area contributed by atoms with E-state index in [-0.39, 0.29) is 11.7 Å². The van der Waals surface area contributed by atoms with Crippen LogP contribution in [0.5, 0.6) is 5.75 Å². The molecule has 1 N–H and O–H groups in total. The van der Waals surface area contributed by atoms with Gasteiger partial charge >= 0.3 is 0 Å². The molecule has 0 radical (unpaired) electrons. The molecule has 0 unspecified atom stereocenters. The topological polar surface area (TPSA) is 43.8 Å². The first-order chi connectivity index (χ1) is 13.2. The van der Waals surface area contributed by atoms with Crippen LogP contribution >= 0.6 is 0 Å². The molecule has 1 aliphatic rings. The predicted octanol–water partition coefficient (Wildman–Crippen LogP) is 3.49. The standard InChI is InChI=1S/C23H30N2O2/c26-22-12-5-4-11-21(22)13-14-23(27)25-17-7-16-24(18-19-25)15-6-10-20-8-2-1-3-9-20/h1-5,8-9,11-12,26H,6-7,10,13-19H2. The quantitative estimate of drug-likeness (QED) is 0.816. The van der Waals surface area contributed by atoms with E-state index in [0.717, 1.165) is 57.5 Å². The minimum Gasteiger partial charge on any atom is -0.508 e. The maximum Gasteiger partial charge on any atom is 0.222 e. The minimum absolute atomic E-state index is 0.199. The van der Waals surface area contributed by atoms with Gasteiger partial charge in [0, 0.05) is 26.1 Å². The number of hydrogen-bond donors (Lipinski definition) is 1. The molecule has 144 valence electrons. The number of aromatic hydroxyl groups is 1. The Morgan fingerprint density at radius 1 is 0.889 bits per heavy atom. The van der Waals surface area contributed by atoms with Crippen LogP contribution in [0.15, 0.2) is 54.6 Å². The lowest BCUT2D eigenvalue weighted by molar-refractivity contribution is -0.131. The van der Waals surface area contributed by atoms with Crippen LogP contribution in [0.1, 0.15) is 30.4 Å². The van der Waals surface area contributed by atoms with E-state index in [1.54, 1.807) is 6.07 Å². The third kappa shape index (κ3) is 6.10. The van der Waals surface area contributed by atoms with E-state index in [0.29, 0.717) is 12.8 Å². The summed E-state index contributed by atoms with van der Waals surface area (Å²) in [5.74, 6) is 0.482. The first-order valence-corrected chi connectivity index (χ1v) is 10.0. The molecule has 4 nitrogen and oxygen atoms in total. The second kappa shape index (κ2) is 10.1. The van der Waals surface area contributed by atoms with Gasteiger partial charge in [0.1, 0.15) is 5.75 Å². The molecule has 0 atom stereocenters. The third-order valence-electron chi connectivity index (χ3n) is 5.32. The van der Waals surface area contributed by atoms with E-state index in [9.17, 15) is 9.90 Å². The summed E-state index contributed by atoms with van der Waals surface area (Å²) in [6.07, 6.45) is 4.37. The average Bonchev–Trinajstić information content (AvgIpc) is 2.94. The maximum absolute atomic E-state index is 12.6. The lowest BCUT2D eigenvalue weighted by Gasteiger charge is -2.22. The van der Waals surface area contributed by atoms with E-state index in [1.807, 2.05) is 23.1 Å². The molecular weight excluding hydrogens is 336 g/mol. The zero-order valence-electron chi connectivity index (χ0n) is 16.0. The molecule has 3 rings (SSSR count). The average molecular weight is 367 g/mol. The monoisotopic (exact) mass is 366 g/mol. The van der Waals surface area contributed by atoms with Crippen LogP contribution in [0.2, 0.25) is 0 Å². The number of para-hydroxylation sites is 1. The Hall–Kier alpha value is -2.33. The van der Waals surface area contributed by atoms with Gasteiger partial charge in [-0.15, -0.1) is 0 Å². The lowest BCUT2D eigenvalue weighted by Crippen LogP contribution is -2.35. The van der Waals surface area contributed by atoms with Crippen molar-refractivity contribution < 1.29 is 9.90 Å². The first kappa shape index (κ1) is 19.4. The first-order valence-electron chi connectivity index (χ1n) is 10.0. The highest BCUT2D eigenvalue weighted by molar-refractivity contribution is 5.76. The number of hydrogen-bond acceptors (Lipinski definition) is 3. The molecule has 1 aliphatic heterocycles. The van der Waals surface area contributed by atoms with Gasteiger partial charge in [0.2, 0.25) is 5.91 Å². The van der Waals surface area contributed by atoms with Gasteiger partial charge in [0.05, 0.1) is 0 Å². The second-order valence-electron chi connectivity index (χ2n) is 7.29. The van der Waals surface area contributed by atoms with Gasteiger partial charge in [-0.25, -0.2) is 0 Å². The molecule has 1 heterocycles. The van der Waals surface area contributed by atoms with Crippen molar-refractivity contribution in [3.05, 3.63) is 65.7 Å². The van der Waals surface area contributed by atoms with Crippen molar-refractivity contribution in [2.45, 2.75) is 32.1 Å². The van der Waals surface area contributed by atoms with Crippen LogP contribution in [-0.2, 0) is 17.6 Å². The fourth-order valence-electron chi connectivity index (χ4n) is 3.72. The summed E-state index contributed by atoms with van der Waals surface area (Å²) in [7, 11) is 0. The van der Waals surface area contributed by atoms with Crippen molar-refractivity contribution in [3.8, 4) is 5.75 Å². The number of carbonyl (C=O) groups excluding carboxylic acids is 1. The van der Waals surface area contributed by atoms with Crippen LogP contribution in [0.25, 0.3) is 0 Å². The number of phenolic OH excluding ortho intramolecular Hbond substituents is 1. The fourth-order valence-corrected chi connectivity index (χ4v) is 3.72. The van der Waals surface area contributed by atoms with E-state index in [4.69, 9.17) is 0 Å². The smallest absolute Gasteiger partial charge is 0.222 e. The number of benzene rings is 2. The van der Waals surface area contributed by atoms with Gasteiger partial charge in [-0.1, -0.05) is 48.5 Å². The Kier molecular flexibility index (Phi) is 7.28. The Balaban J connectivity index is 1.39. The molecule has 0 bridgehead atoms. The molecule has 27 heavy (non-hydrogen) atoms. The molecule has 1 amide bonds. The molecule has 1 fully saturated rings. The van der Waals surface area contributed by atoms with Gasteiger partial charge in [-0.2, -0.15) is 0 Å². The van der Waals surface area contributed by atoms with Crippen molar-refractivity contribution in [3.63, 3.8) is 0 Å². The number of carbonyl (C=O) groups is 1. The fraction of sp³-hybridized carbons (Fsp3) is 0.435. The van der Waals surface area contributed by atoms with Crippen molar-refractivity contribution in [1.82, 2.24) is 9.80 Å². The molecule has 1 saturated heterocycles. The second-order valence-corrected chi connectivity index (χ2v) is 7.29. The Bertz CT molecular complexity index is 717. The highest BCUT2D eigenvalue weighted by Gasteiger charge is 2.19. The van der Waals surface area contributed by atoms with Crippen molar-refractivity contribution >= 4 is 5.91 Å². The zero-order valence-corrected chi connectivity index (χ0v) is 16.0.